The van der Waals surface area contributed by atoms with E-state index in [2.05, 4.69) is 12.2 Å². The van der Waals surface area contributed by atoms with Crippen LogP contribution in [0.25, 0.3) is 0 Å². The van der Waals surface area contributed by atoms with Crippen LogP contribution in [0.15, 0.2) is 16.5 Å². The lowest BCUT2D eigenvalue weighted by Gasteiger charge is -2.38. The largest absolute Gasteiger partial charge is 0.448 e. The van der Waals surface area contributed by atoms with Crippen molar-refractivity contribution in [2.45, 2.75) is 39.3 Å². The third-order valence-corrected chi connectivity index (χ3v) is 4.07. The second-order valence-corrected chi connectivity index (χ2v) is 5.49. The summed E-state index contributed by atoms with van der Waals surface area (Å²) in [6, 6.07) is 4.08. The Hall–Kier alpha value is -1.00. The smallest absolute Gasteiger partial charge is 0.219 e. The van der Waals surface area contributed by atoms with Crippen molar-refractivity contribution in [2.75, 3.05) is 13.1 Å². The highest BCUT2D eigenvalue weighted by Crippen LogP contribution is 2.21. The fourth-order valence-electron chi connectivity index (χ4n) is 2.68. The van der Waals surface area contributed by atoms with Crippen LogP contribution >= 0.6 is 11.6 Å². The number of piperidine rings is 1. The number of nitrogens with zero attached hydrogens (tertiary/aromatic N) is 1. The molecule has 1 aromatic heterocycles. The monoisotopic (exact) mass is 284 g/mol. The summed E-state index contributed by atoms with van der Waals surface area (Å²) in [5.74, 6) is 1.53. The van der Waals surface area contributed by atoms with Crippen LogP contribution in [0.4, 0.5) is 0 Å². The van der Waals surface area contributed by atoms with Gasteiger partial charge in [-0.2, -0.15) is 0 Å². The van der Waals surface area contributed by atoms with E-state index in [4.69, 9.17) is 16.0 Å². The van der Waals surface area contributed by atoms with Gasteiger partial charge in [-0.3, -0.25) is 4.79 Å². The van der Waals surface area contributed by atoms with Crippen LogP contribution in [0, 0.1) is 5.92 Å². The van der Waals surface area contributed by atoms with E-state index in [1.165, 1.54) is 0 Å². The quantitative estimate of drug-likeness (QED) is 0.925. The first-order chi connectivity index (χ1) is 9.10. The highest BCUT2D eigenvalue weighted by atomic mass is 35.5. The van der Waals surface area contributed by atoms with E-state index in [-0.39, 0.29) is 5.91 Å². The average Bonchev–Trinajstić information content (AvgIpc) is 2.81. The highest BCUT2D eigenvalue weighted by molar-refractivity contribution is 6.28. The molecule has 106 valence electrons. The van der Waals surface area contributed by atoms with Gasteiger partial charge in [0.2, 0.25) is 5.91 Å². The van der Waals surface area contributed by atoms with Crippen LogP contribution in [0.1, 0.15) is 32.4 Å². The predicted octanol–water partition coefficient (Wildman–Crippen LogP) is 2.67. The Balaban J connectivity index is 1.87. The number of hydrogen-bond donors (Lipinski definition) is 1. The van der Waals surface area contributed by atoms with Crippen LogP contribution < -0.4 is 5.32 Å². The topological polar surface area (TPSA) is 45.5 Å². The van der Waals surface area contributed by atoms with E-state index in [1.54, 1.807) is 13.0 Å². The molecular formula is C14H21ClN2O2. The molecule has 1 aromatic rings. The van der Waals surface area contributed by atoms with E-state index in [1.807, 2.05) is 11.0 Å². The zero-order valence-electron chi connectivity index (χ0n) is 11.5. The minimum atomic E-state index is 0.176. The second kappa shape index (κ2) is 6.44. The molecule has 1 saturated heterocycles. The minimum absolute atomic E-state index is 0.176. The molecule has 0 spiro atoms. The maximum absolute atomic E-state index is 11.4. The van der Waals surface area contributed by atoms with Crippen molar-refractivity contribution in [1.82, 2.24) is 10.2 Å². The van der Waals surface area contributed by atoms with Crippen LogP contribution in [0.3, 0.4) is 0 Å². The average molecular weight is 285 g/mol. The van der Waals surface area contributed by atoms with E-state index >= 15 is 0 Å². The van der Waals surface area contributed by atoms with Gasteiger partial charge in [0.25, 0.3) is 0 Å². The second-order valence-electron chi connectivity index (χ2n) is 5.12. The van der Waals surface area contributed by atoms with Crippen LogP contribution in [0.2, 0.25) is 5.22 Å². The maximum atomic E-state index is 11.4. The van der Waals surface area contributed by atoms with Gasteiger partial charge >= 0.3 is 0 Å². The molecule has 2 atom stereocenters. The van der Waals surface area contributed by atoms with Gasteiger partial charge in [-0.05, 0) is 36.1 Å². The van der Waals surface area contributed by atoms with Crippen molar-refractivity contribution in [2.24, 2.45) is 5.92 Å². The lowest BCUT2D eigenvalue weighted by molar-refractivity contribution is -0.131. The summed E-state index contributed by atoms with van der Waals surface area (Å²) in [4.78, 5) is 13.4. The van der Waals surface area contributed by atoms with Gasteiger partial charge in [0.15, 0.2) is 5.22 Å². The molecule has 0 radical (unpaired) electrons. The Labute approximate surface area is 119 Å². The summed E-state index contributed by atoms with van der Waals surface area (Å²) >= 11 is 5.75. The maximum Gasteiger partial charge on any atom is 0.219 e. The summed E-state index contributed by atoms with van der Waals surface area (Å²) in [6.45, 7) is 6.19. The van der Waals surface area contributed by atoms with E-state index in [0.29, 0.717) is 23.7 Å². The molecule has 0 unspecified atom stereocenters. The van der Waals surface area contributed by atoms with Gasteiger partial charge in [-0.1, -0.05) is 13.3 Å². The Kier molecular flexibility index (Phi) is 4.88. The zero-order valence-corrected chi connectivity index (χ0v) is 12.2. The molecule has 1 aliphatic heterocycles. The molecule has 2 rings (SSSR count). The van der Waals surface area contributed by atoms with Crippen molar-refractivity contribution in [3.8, 4) is 0 Å². The third kappa shape index (κ3) is 3.74. The summed E-state index contributed by atoms with van der Waals surface area (Å²) in [5.41, 5.74) is 0. The van der Waals surface area contributed by atoms with E-state index in [9.17, 15) is 4.79 Å². The molecule has 2 heterocycles. The lowest BCUT2D eigenvalue weighted by Crippen LogP contribution is -2.50. The first-order valence-electron chi connectivity index (χ1n) is 6.83. The summed E-state index contributed by atoms with van der Waals surface area (Å²) < 4.78 is 5.34. The predicted molar refractivity (Wildman–Crippen MR) is 75.0 cm³/mol. The van der Waals surface area contributed by atoms with Gasteiger partial charge in [-0.15, -0.1) is 0 Å². The van der Waals surface area contributed by atoms with Gasteiger partial charge in [0.05, 0.1) is 6.54 Å². The Bertz CT molecular complexity index is 433. The number of rotatable bonds is 4. The van der Waals surface area contributed by atoms with Crippen LogP contribution in [-0.2, 0) is 11.3 Å². The zero-order chi connectivity index (χ0) is 13.8. The molecule has 1 fully saturated rings. The van der Waals surface area contributed by atoms with Crippen molar-refractivity contribution < 1.29 is 9.21 Å². The first-order valence-corrected chi connectivity index (χ1v) is 7.21. The normalized spacial score (nSPS) is 23.6. The van der Waals surface area contributed by atoms with Gasteiger partial charge < -0.3 is 14.6 Å². The summed E-state index contributed by atoms with van der Waals surface area (Å²) in [5, 5.41) is 3.95. The number of carbonyl (C=O) groups is 1. The molecule has 0 bridgehead atoms. The summed E-state index contributed by atoms with van der Waals surface area (Å²) in [7, 11) is 0. The van der Waals surface area contributed by atoms with Crippen molar-refractivity contribution in [1.29, 1.82) is 0 Å². The Morgan fingerprint density at radius 2 is 2.37 bits per heavy atom. The molecule has 0 aromatic carbocycles. The van der Waals surface area contributed by atoms with Crippen LogP contribution in [0.5, 0.6) is 0 Å². The van der Waals surface area contributed by atoms with Gasteiger partial charge in [-0.25, -0.2) is 0 Å². The fraction of sp³-hybridized carbons (Fsp3) is 0.643. The Morgan fingerprint density at radius 1 is 1.58 bits per heavy atom. The van der Waals surface area contributed by atoms with Crippen molar-refractivity contribution >= 4 is 17.5 Å². The third-order valence-electron chi connectivity index (χ3n) is 3.87. The SMILES string of the molecule is CC[C@@H]1CN(C(C)=O)CC[C@@H]1NCc1ccc(Cl)o1. The standard InChI is InChI=1S/C14H21ClN2O2/c1-3-11-9-17(10(2)18)7-6-13(11)16-8-12-4-5-14(15)19-12/h4-5,11,13,16H,3,6-9H2,1-2H3/t11-,13+/m1/s1. The number of amides is 1. The Morgan fingerprint density at radius 3 is 2.95 bits per heavy atom. The highest BCUT2D eigenvalue weighted by Gasteiger charge is 2.28. The summed E-state index contributed by atoms with van der Waals surface area (Å²) in [6.07, 6.45) is 2.06. The molecule has 19 heavy (non-hydrogen) atoms. The van der Waals surface area contributed by atoms with E-state index in [0.717, 1.165) is 31.7 Å². The molecule has 4 nitrogen and oxygen atoms in total. The molecule has 1 aliphatic rings. The van der Waals surface area contributed by atoms with Gasteiger partial charge in [0.1, 0.15) is 5.76 Å². The fourth-order valence-corrected chi connectivity index (χ4v) is 2.84. The molecule has 0 saturated carbocycles. The number of halogens is 1. The van der Waals surface area contributed by atoms with Crippen molar-refractivity contribution in [3.63, 3.8) is 0 Å². The number of hydrogen-bond acceptors (Lipinski definition) is 3. The van der Waals surface area contributed by atoms with E-state index < -0.39 is 0 Å². The lowest BCUT2D eigenvalue weighted by atomic mass is 9.90. The van der Waals surface area contributed by atoms with Crippen LogP contribution in [-0.4, -0.2) is 29.9 Å². The molecular weight excluding hydrogens is 264 g/mol. The molecule has 1 N–H and O–H groups in total. The van der Waals surface area contributed by atoms with Crippen molar-refractivity contribution in [3.05, 3.63) is 23.1 Å². The number of likely N-dealkylation sites (tertiary alicyclic amines) is 1. The number of nitrogens with one attached hydrogen (secondary N) is 1. The van der Waals surface area contributed by atoms with Gasteiger partial charge in [0, 0.05) is 26.1 Å². The molecule has 0 aliphatic carbocycles. The number of furan rings is 1. The number of carbonyl (C=O) groups excluding carboxylic acids is 1. The minimum Gasteiger partial charge on any atom is -0.448 e. The molecule has 1 amide bonds. The molecule has 5 heteroatoms. The first kappa shape index (κ1) is 14.4.